The molecule has 0 aliphatic heterocycles. The van der Waals surface area contributed by atoms with Crippen molar-refractivity contribution in [1.29, 1.82) is 0 Å². The Morgan fingerprint density at radius 1 is 0.725 bits per heavy atom. The molecule has 288 valence electrons. The van der Waals surface area contributed by atoms with Crippen LogP contribution in [0.3, 0.4) is 0 Å². The summed E-state index contributed by atoms with van der Waals surface area (Å²) in [5, 5.41) is 16.6. The quantitative estimate of drug-likeness (QED) is 0.180. The molecule has 0 atom stereocenters. The standard InChI is InChI=1S/C18H28FN3O3.C14H19FN2O4.C4H11N/c1-17(2,3)21-15(23)14-7-8-22(12-14)11-13(9-19)10-20-16(24)25-18(4,5)6;1-14(2,3)21-13(20)16-7-10(6-15)8-17-5-4-11(9-17)12(18)19;1-4(2,3)5/h7-9,12H,10-11H2,1-6H3,(H,20,24)(H,21,23);4-6,9H,7-8H2,1-3H3,(H,16,20)(H,18,19);5H2,1-3H3/b13-9+;10-6+;. The number of carboxylic acids is 1. The number of aromatic carboxylic acids is 1. The molecular weight excluding hydrogens is 666 g/mol. The van der Waals surface area contributed by atoms with Gasteiger partial charge in [-0.05, 0) is 106 Å². The first-order chi connectivity index (χ1) is 23.1. The highest BCUT2D eigenvalue weighted by atomic mass is 19.1. The van der Waals surface area contributed by atoms with Gasteiger partial charge in [0.15, 0.2) is 0 Å². The topological polar surface area (TPSA) is 179 Å². The van der Waals surface area contributed by atoms with E-state index in [0.717, 1.165) is 0 Å². The smallest absolute Gasteiger partial charge is 0.407 e. The molecule has 51 heavy (non-hydrogen) atoms. The predicted octanol–water partition coefficient (Wildman–Crippen LogP) is 6.70. The van der Waals surface area contributed by atoms with E-state index >= 15 is 0 Å². The van der Waals surface area contributed by atoms with Crippen molar-refractivity contribution in [2.75, 3.05) is 13.1 Å². The maximum Gasteiger partial charge on any atom is 0.407 e. The number of carboxylic acid groups (broad SMARTS) is 1. The summed E-state index contributed by atoms with van der Waals surface area (Å²) in [6.07, 6.45) is 5.83. The normalized spacial score (nSPS) is 12.4. The van der Waals surface area contributed by atoms with Crippen LogP contribution in [0.1, 0.15) is 104 Å². The summed E-state index contributed by atoms with van der Waals surface area (Å²) in [7, 11) is 0. The Morgan fingerprint density at radius 2 is 1.08 bits per heavy atom. The van der Waals surface area contributed by atoms with Crippen molar-refractivity contribution in [2.45, 2.75) is 118 Å². The number of carbonyl (C=O) groups excluding carboxylic acids is 3. The van der Waals surface area contributed by atoms with Crippen LogP contribution in [0, 0.1) is 0 Å². The summed E-state index contributed by atoms with van der Waals surface area (Å²) in [4.78, 5) is 45.9. The molecule has 0 saturated heterocycles. The van der Waals surface area contributed by atoms with Gasteiger partial charge in [-0.15, -0.1) is 0 Å². The summed E-state index contributed by atoms with van der Waals surface area (Å²) in [5.74, 6) is -1.24. The van der Waals surface area contributed by atoms with Gasteiger partial charge >= 0.3 is 18.2 Å². The lowest BCUT2D eigenvalue weighted by Crippen LogP contribution is -2.40. The van der Waals surface area contributed by atoms with Gasteiger partial charge in [-0.25, -0.2) is 23.2 Å². The number of nitrogens with one attached hydrogen (secondary N) is 3. The number of alkyl carbamates (subject to hydrolysis) is 2. The minimum Gasteiger partial charge on any atom is -0.478 e. The van der Waals surface area contributed by atoms with Gasteiger partial charge in [0.05, 0.1) is 23.8 Å². The lowest BCUT2D eigenvalue weighted by Gasteiger charge is -2.20. The molecule has 0 bridgehead atoms. The van der Waals surface area contributed by atoms with Crippen molar-refractivity contribution in [3.8, 4) is 0 Å². The zero-order valence-electron chi connectivity index (χ0n) is 32.1. The number of amides is 3. The predicted molar refractivity (Wildman–Crippen MR) is 194 cm³/mol. The molecule has 2 heterocycles. The SMILES string of the molecule is CC(C)(C)N.CC(C)(C)NC(=O)c1ccn(C/C(=C/F)CNC(=O)OC(C)(C)C)c1.CC(C)(C)OC(=O)NC/C(=C\F)Cn1ccc(C(=O)O)c1. The van der Waals surface area contributed by atoms with E-state index < -0.39 is 29.4 Å². The lowest BCUT2D eigenvalue weighted by atomic mass is 10.1. The van der Waals surface area contributed by atoms with Gasteiger partial charge in [0.1, 0.15) is 11.2 Å². The van der Waals surface area contributed by atoms with Gasteiger partial charge in [0.25, 0.3) is 5.91 Å². The van der Waals surface area contributed by atoms with Crippen molar-refractivity contribution in [1.82, 2.24) is 25.1 Å². The number of halogens is 2. The summed E-state index contributed by atoms with van der Waals surface area (Å²) in [6.45, 7) is 22.4. The monoisotopic (exact) mass is 724 g/mol. The van der Waals surface area contributed by atoms with Crippen molar-refractivity contribution in [3.05, 3.63) is 71.9 Å². The number of rotatable bonds is 10. The average molecular weight is 725 g/mol. The van der Waals surface area contributed by atoms with Crippen LogP contribution >= 0.6 is 0 Å². The van der Waals surface area contributed by atoms with Crippen molar-refractivity contribution < 1.29 is 42.5 Å². The molecule has 0 saturated carbocycles. The van der Waals surface area contributed by atoms with Crippen LogP contribution in [0.25, 0.3) is 0 Å². The number of hydrogen-bond donors (Lipinski definition) is 5. The third-order valence-electron chi connectivity index (χ3n) is 5.30. The van der Waals surface area contributed by atoms with Crippen molar-refractivity contribution >= 4 is 24.1 Å². The summed E-state index contributed by atoms with van der Waals surface area (Å²) < 4.78 is 39.2. The molecule has 0 aliphatic rings. The van der Waals surface area contributed by atoms with Crippen LogP contribution in [0.15, 0.2) is 60.7 Å². The largest absolute Gasteiger partial charge is 0.478 e. The third-order valence-corrected chi connectivity index (χ3v) is 5.30. The minimum absolute atomic E-state index is 0. The fourth-order valence-electron chi connectivity index (χ4n) is 3.48. The highest BCUT2D eigenvalue weighted by molar-refractivity contribution is 5.94. The molecule has 15 heteroatoms. The Labute approximate surface area is 300 Å². The molecule has 3 amide bonds. The van der Waals surface area contributed by atoms with Crippen LogP contribution in [0.5, 0.6) is 0 Å². The number of aromatic nitrogens is 2. The van der Waals surface area contributed by atoms with Crippen LogP contribution in [0.2, 0.25) is 0 Å². The van der Waals surface area contributed by atoms with Crippen LogP contribution < -0.4 is 21.7 Å². The van der Waals surface area contributed by atoms with E-state index in [9.17, 15) is 28.0 Å². The zero-order chi connectivity index (χ0) is 39.8. The molecule has 0 aliphatic carbocycles. The molecule has 2 aromatic heterocycles. The molecule has 0 unspecified atom stereocenters. The van der Waals surface area contributed by atoms with E-state index in [1.54, 1.807) is 64.6 Å². The van der Waals surface area contributed by atoms with E-state index in [1.165, 1.54) is 23.0 Å². The Morgan fingerprint density at radius 3 is 1.37 bits per heavy atom. The van der Waals surface area contributed by atoms with E-state index in [1.807, 2.05) is 41.5 Å². The number of carbonyl (C=O) groups is 4. The number of ether oxygens (including phenoxy) is 2. The first-order valence-electron chi connectivity index (χ1n) is 16.3. The maximum absolute atomic E-state index is 13.1. The summed E-state index contributed by atoms with van der Waals surface area (Å²) in [5.41, 5.74) is 5.03. The van der Waals surface area contributed by atoms with Crippen LogP contribution in [-0.4, -0.2) is 73.7 Å². The maximum atomic E-state index is 13.1. The van der Waals surface area contributed by atoms with E-state index in [4.69, 9.17) is 20.3 Å². The van der Waals surface area contributed by atoms with Crippen LogP contribution in [-0.2, 0) is 22.6 Å². The molecule has 0 fully saturated rings. The van der Waals surface area contributed by atoms with E-state index in [2.05, 4.69) is 16.0 Å². The van der Waals surface area contributed by atoms with Crippen molar-refractivity contribution in [3.63, 3.8) is 0 Å². The second-order valence-electron chi connectivity index (χ2n) is 15.8. The third kappa shape index (κ3) is 25.0. The highest BCUT2D eigenvalue weighted by Gasteiger charge is 2.18. The Kier molecular flexibility index (Phi) is 18.4. The summed E-state index contributed by atoms with van der Waals surface area (Å²) >= 11 is 0. The second kappa shape index (κ2) is 20.3. The van der Waals surface area contributed by atoms with E-state index in [0.29, 0.717) is 23.8 Å². The average Bonchev–Trinajstić information content (AvgIpc) is 3.60. The Balaban J connectivity index is 0.000000874. The first kappa shape index (κ1) is 46.3. The van der Waals surface area contributed by atoms with Gasteiger partial charge in [-0.2, -0.15) is 0 Å². The van der Waals surface area contributed by atoms with E-state index in [-0.39, 0.29) is 54.3 Å². The van der Waals surface area contributed by atoms with Gasteiger partial charge < -0.3 is 45.4 Å². The molecule has 2 aromatic rings. The molecular formula is C36H58F2N6O7. The van der Waals surface area contributed by atoms with Gasteiger partial charge in [-0.1, -0.05) is 0 Å². The van der Waals surface area contributed by atoms with Crippen LogP contribution in [0.4, 0.5) is 18.4 Å². The van der Waals surface area contributed by atoms with Gasteiger partial charge in [-0.3, -0.25) is 4.79 Å². The first-order valence-corrected chi connectivity index (χ1v) is 16.3. The fraction of sp³-hybridized carbons (Fsp3) is 0.556. The number of nitrogens with two attached hydrogens (primary N) is 1. The van der Waals surface area contributed by atoms with Gasteiger partial charge in [0, 0.05) is 62.0 Å². The lowest BCUT2D eigenvalue weighted by molar-refractivity contribution is 0.0520. The highest BCUT2D eigenvalue weighted by Crippen LogP contribution is 2.11. The fourth-order valence-corrected chi connectivity index (χ4v) is 3.48. The number of nitrogens with zero attached hydrogens (tertiary/aromatic N) is 2. The Hall–Kier alpha value is -4.66. The summed E-state index contributed by atoms with van der Waals surface area (Å²) in [6, 6.07) is 3.08. The molecule has 0 aromatic carbocycles. The van der Waals surface area contributed by atoms with Gasteiger partial charge in [0.2, 0.25) is 0 Å². The zero-order valence-corrected chi connectivity index (χ0v) is 32.1. The molecule has 2 rings (SSSR count). The molecule has 6 N–H and O–H groups in total. The Bertz CT molecular complexity index is 1480. The molecule has 13 nitrogen and oxygen atoms in total. The second-order valence-corrected chi connectivity index (χ2v) is 15.8. The number of hydrogen-bond acceptors (Lipinski definition) is 7. The minimum atomic E-state index is -1.05. The molecule has 0 radical (unpaired) electrons. The molecule has 0 spiro atoms. The van der Waals surface area contributed by atoms with Crippen molar-refractivity contribution in [2.24, 2.45) is 5.73 Å².